The number of carbonyl (C=O) groups is 1. The Kier molecular flexibility index (Phi) is 48.3. The van der Waals surface area contributed by atoms with Gasteiger partial charge in [-0.05, 0) is 51.4 Å². The van der Waals surface area contributed by atoms with Crippen LogP contribution in [-0.4, -0.2) is 87.5 Å². The van der Waals surface area contributed by atoms with Crippen molar-refractivity contribution < 1.29 is 39.8 Å². The van der Waals surface area contributed by atoms with Crippen LogP contribution in [0, 0.1) is 0 Å². The van der Waals surface area contributed by atoms with Gasteiger partial charge in [0, 0.05) is 6.42 Å². The zero-order valence-corrected chi connectivity index (χ0v) is 45.8. The van der Waals surface area contributed by atoms with E-state index in [1.54, 1.807) is 0 Å². The molecule has 7 atom stereocenters. The van der Waals surface area contributed by atoms with Gasteiger partial charge in [0.1, 0.15) is 24.4 Å². The summed E-state index contributed by atoms with van der Waals surface area (Å²) in [4.78, 5) is 13.1. The number of nitrogens with one attached hydrogen (secondary N) is 1. The SMILES string of the molecule is CCCCCCC/C=C\C/C=C\C/C=C\CCCCCCCCC(=O)NC(COC1OC(CO)C(O)C(O)C1O)C(O)CCCCCCCCCCCCCCCCCCCCCCCCCCCC. The Morgan fingerprint density at radius 3 is 1.24 bits per heavy atom. The third kappa shape index (κ3) is 39.9. The summed E-state index contributed by atoms with van der Waals surface area (Å²) in [5.41, 5.74) is 0. The van der Waals surface area contributed by atoms with Crippen LogP contribution in [0.1, 0.15) is 290 Å². The molecule has 1 heterocycles. The van der Waals surface area contributed by atoms with Crippen molar-refractivity contribution in [2.24, 2.45) is 0 Å². The minimum atomic E-state index is -1.56. The fourth-order valence-electron chi connectivity index (χ4n) is 9.70. The molecule has 9 heteroatoms. The van der Waals surface area contributed by atoms with E-state index in [1.807, 2.05) is 0 Å². The van der Waals surface area contributed by atoms with Gasteiger partial charge in [-0.1, -0.05) is 269 Å². The lowest BCUT2D eigenvalue weighted by atomic mass is 9.99. The highest BCUT2D eigenvalue weighted by atomic mass is 16.7. The van der Waals surface area contributed by atoms with E-state index >= 15 is 0 Å². The van der Waals surface area contributed by atoms with Crippen molar-refractivity contribution >= 4 is 5.91 Å². The van der Waals surface area contributed by atoms with Crippen molar-refractivity contribution in [1.29, 1.82) is 0 Å². The molecular weight excluding hydrogens is 875 g/mol. The third-order valence-electron chi connectivity index (χ3n) is 14.5. The first-order valence-electron chi connectivity index (χ1n) is 30.2. The molecule has 7 unspecified atom stereocenters. The molecular formula is C61H115NO8. The van der Waals surface area contributed by atoms with E-state index in [1.165, 1.54) is 199 Å². The predicted molar refractivity (Wildman–Crippen MR) is 295 cm³/mol. The molecule has 9 nitrogen and oxygen atoms in total. The second-order valence-corrected chi connectivity index (χ2v) is 21.1. The van der Waals surface area contributed by atoms with E-state index in [4.69, 9.17) is 9.47 Å². The summed E-state index contributed by atoms with van der Waals surface area (Å²) in [7, 11) is 0. The molecule has 0 aromatic carbocycles. The lowest BCUT2D eigenvalue weighted by Gasteiger charge is -2.40. The minimum Gasteiger partial charge on any atom is -0.394 e. The summed E-state index contributed by atoms with van der Waals surface area (Å²) in [6, 6.07) is -0.727. The van der Waals surface area contributed by atoms with Crippen molar-refractivity contribution in [2.45, 2.75) is 333 Å². The van der Waals surface area contributed by atoms with Crippen molar-refractivity contribution in [1.82, 2.24) is 5.32 Å². The second kappa shape index (κ2) is 50.9. The van der Waals surface area contributed by atoms with E-state index in [2.05, 4.69) is 55.6 Å². The average Bonchev–Trinajstić information content (AvgIpc) is 3.36. The number of carbonyl (C=O) groups excluding carboxylic acids is 1. The fourth-order valence-corrected chi connectivity index (χ4v) is 9.70. The maximum absolute atomic E-state index is 13.1. The van der Waals surface area contributed by atoms with Crippen molar-refractivity contribution in [3.63, 3.8) is 0 Å². The van der Waals surface area contributed by atoms with Crippen LogP contribution in [0.25, 0.3) is 0 Å². The molecule has 1 fully saturated rings. The molecule has 1 rings (SSSR count). The predicted octanol–water partition coefficient (Wildman–Crippen LogP) is 15.1. The zero-order valence-electron chi connectivity index (χ0n) is 45.8. The van der Waals surface area contributed by atoms with Gasteiger partial charge in [-0.25, -0.2) is 0 Å². The largest absolute Gasteiger partial charge is 0.394 e. The number of unbranched alkanes of at least 4 members (excludes halogenated alkanes) is 36. The number of amides is 1. The molecule has 70 heavy (non-hydrogen) atoms. The van der Waals surface area contributed by atoms with Crippen molar-refractivity contribution in [3.8, 4) is 0 Å². The fraction of sp³-hybridized carbons (Fsp3) is 0.885. The molecule has 0 saturated carbocycles. The summed E-state index contributed by atoms with van der Waals surface area (Å²) in [5.74, 6) is -0.153. The van der Waals surface area contributed by atoms with Gasteiger partial charge in [-0.3, -0.25) is 4.79 Å². The van der Waals surface area contributed by atoms with E-state index in [9.17, 15) is 30.3 Å². The molecule has 6 N–H and O–H groups in total. The molecule has 0 aromatic rings. The number of hydrogen-bond donors (Lipinski definition) is 6. The van der Waals surface area contributed by atoms with Crippen molar-refractivity contribution in [2.75, 3.05) is 13.2 Å². The van der Waals surface area contributed by atoms with Crippen LogP contribution in [0.3, 0.4) is 0 Å². The monoisotopic (exact) mass is 990 g/mol. The molecule has 1 amide bonds. The maximum atomic E-state index is 13.1. The molecule has 1 aliphatic heterocycles. The minimum absolute atomic E-state index is 0.142. The standard InChI is InChI=1S/C61H115NO8/c1-3-5-7-9-11-13-15-17-19-21-23-25-26-27-28-29-31-32-34-36-38-40-42-44-46-48-50-55(64)54(53-69-61-60(68)59(67)58(66)56(52-63)70-61)62-57(65)51-49-47-45-43-41-39-37-35-33-30-24-22-20-18-16-14-12-10-8-6-4-2/h16,18,22,24,33,35,54-56,58-61,63-64,66-68H,3-15,17,19-21,23,25-32,34,36-53H2,1-2H3,(H,62,65)/b18-16-,24-22-,35-33-. The number of ether oxygens (including phenoxy) is 2. The Morgan fingerprint density at radius 1 is 0.486 bits per heavy atom. The summed E-state index contributed by atoms with van der Waals surface area (Å²) in [6.07, 6.45) is 58.9. The van der Waals surface area contributed by atoms with E-state index in [0.717, 1.165) is 64.2 Å². The first-order chi connectivity index (χ1) is 34.3. The molecule has 0 spiro atoms. The van der Waals surface area contributed by atoms with Gasteiger partial charge in [0.2, 0.25) is 5.91 Å². The Bertz CT molecular complexity index is 1190. The van der Waals surface area contributed by atoms with Gasteiger partial charge < -0.3 is 40.3 Å². The van der Waals surface area contributed by atoms with Crippen LogP contribution in [-0.2, 0) is 14.3 Å². The van der Waals surface area contributed by atoms with E-state index in [0.29, 0.717) is 12.8 Å². The highest BCUT2D eigenvalue weighted by molar-refractivity contribution is 5.76. The van der Waals surface area contributed by atoms with Crippen molar-refractivity contribution in [3.05, 3.63) is 36.5 Å². The summed E-state index contributed by atoms with van der Waals surface area (Å²) in [5, 5.41) is 54.7. The smallest absolute Gasteiger partial charge is 0.220 e. The highest BCUT2D eigenvalue weighted by Gasteiger charge is 2.44. The van der Waals surface area contributed by atoms with Crippen LogP contribution >= 0.6 is 0 Å². The number of aliphatic hydroxyl groups is 5. The zero-order chi connectivity index (χ0) is 50.8. The Labute approximate surface area is 431 Å². The topological polar surface area (TPSA) is 149 Å². The van der Waals surface area contributed by atoms with Gasteiger partial charge in [0.05, 0.1) is 25.4 Å². The second-order valence-electron chi connectivity index (χ2n) is 21.1. The Balaban J connectivity index is 2.20. The first-order valence-corrected chi connectivity index (χ1v) is 30.2. The number of aliphatic hydroxyl groups excluding tert-OH is 5. The van der Waals surface area contributed by atoms with Crippen LogP contribution in [0.5, 0.6) is 0 Å². The maximum Gasteiger partial charge on any atom is 0.220 e. The normalized spacial score (nSPS) is 19.6. The van der Waals surface area contributed by atoms with Gasteiger partial charge in [0.15, 0.2) is 6.29 Å². The lowest BCUT2D eigenvalue weighted by molar-refractivity contribution is -0.302. The van der Waals surface area contributed by atoms with Gasteiger partial charge >= 0.3 is 0 Å². The summed E-state index contributed by atoms with van der Waals surface area (Å²) < 4.78 is 11.3. The van der Waals surface area contributed by atoms with Crippen LogP contribution in [0.4, 0.5) is 0 Å². The third-order valence-corrected chi connectivity index (χ3v) is 14.5. The molecule has 0 radical (unpaired) electrons. The molecule has 0 aromatic heterocycles. The lowest BCUT2D eigenvalue weighted by Crippen LogP contribution is -2.60. The Morgan fingerprint density at radius 2 is 0.843 bits per heavy atom. The number of allylic oxidation sites excluding steroid dienone is 6. The quantitative estimate of drug-likeness (QED) is 0.0261. The molecule has 1 aliphatic rings. The molecule has 412 valence electrons. The molecule has 0 bridgehead atoms. The van der Waals surface area contributed by atoms with E-state index in [-0.39, 0.29) is 12.5 Å². The van der Waals surface area contributed by atoms with E-state index < -0.39 is 49.5 Å². The van der Waals surface area contributed by atoms with Crippen LogP contribution in [0.2, 0.25) is 0 Å². The number of hydrogen-bond acceptors (Lipinski definition) is 8. The highest BCUT2D eigenvalue weighted by Crippen LogP contribution is 2.23. The molecule has 1 saturated heterocycles. The van der Waals surface area contributed by atoms with Gasteiger partial charge in [0.25, 0.3) is 0 Å². The summed E-state index contributed by atoms with van der Waals surface area (Å²) in [6.45, 7) is 3.85. The summed E-state index contributed by atoms with van der Waals surface area (Å²) >= 11 is 0. The van der Waals surface area contributed by atoms with Gasteiger partial charge in [-0.15, -0.1) is 0 Å². The van der Waals surface area contributed by atoms with Crippen LogP contribution in [0.15, 0.2) is 36.5 Å². The first kappa shape index (κ1) is 66.4. The van der Waals surface area contributed by atoms with Crippen LogP contribution < -0.4 is 5.32 Å². The molecule has 0 aliphatic carbocycles. The number of rotatable bonds is 52. The van der Waals surface area contributed by atoms with Gasteiger partial charge in [-0.2, -0.15) is 0 Å². The average molecular weight is 991 g/mol. The Hall–Kier alpha value is -1.59.